The fourth-order valence-electron chi connectivity index (χ4n) is 0. The topological polar surface area (TPSA) is 0 Å². The molecule has 0 aromatic heterocycles. The molecule has 0 unspecified atom stereocenters. The zero-order valence-corrected chi connectivity index (χ0v) is 7.77. The van der Waals surface area contributed by atoms with E-state index in [0.717, 1.165) is 0 Å². The number of rotatable bonds is 0. The van der Waals surface area contributed by atoms with Crippen LogP contribution in [-0.2, 0) is 0 Å². The van der Waals surface area contributed by atoms with Crippen molar-refractivity contribution in [3.05, 3.63) is 0 Å². The van der Waals surface area contributed by atoms with Gasteiger partial charge in [-0.3, -0.25) is 0 Å². The molecule has 0 N–H and O–H groups in total. The Labute approximate surface area is 56.8 Å². The van der Waals surface area contributed by atoms with Gasteiger partial charge in [0.05, 0.1) is 0 Å². The molecule has 0 heterocycles. The fraction of sp³-hybridized carbons (Fsp3) is 1.00. The maximum absolute atomic E-state index is 2.31. The Kier molecular flexibility index (Phi) is 24.8. The van der Waals surface area contributed by atoms with Crippen LogP contribution < -0.4 is 0 Å². The van der Waals surface area contributed by atoms with Crippen LogP contribution in [0, 0.1) is 0 Å². The van der Waals surface area contributed by atoms with Crippen molar-refractivity contribution in [2.75, 3.05) is 0 Å². The minimum Gasteiger partial charge on any atom is -0.147 e. The van der Waals surface area contributed by atoms with Crippen molar-refractivity contribution >= 4 is 39.5 Å². The smallest absolute Gasteiger partial charge is 0.147 e. The molecule has 0 atom stereocenters. The van der Waals surface area contributed by atoms with E-state index in [1.54, 1.807) is 0 Å². The van der Waals surface area contributed by atoms with Crippen LogP contribution in [0.2, 0.25) is 17.1 Å². The predicted octanol–water partition coefficient (Wildman–Crippen LogP) is 2.21. The molecule has 0 aromatic rings. The van der Waals surface area contributed by atoms with E-state index in [4.69, 9.17) is 0 Å². The summed E-state index contributed by atoms with van der Waals surface area (Å²) >= 11 is -0.188. The van der Waals surface area contributed by atoms with Crippen LogP contribution in [0.1, 0.15) is 0 Å². The van der Waals surface area contributed by atoms with Gasteiger partial charge in [0, 0.05) is 0 Å². The normalized spacial score (nSPS) is 6.00. The maximum atomic E-state index is 2.31. The minimum atomic E-state index is -0.188. The van der Waals surface area contributed by atoms with Gasteiger partial charge < -0.3 is 0 Å². The Morgan fingerprint density at radius 1 is 0.833 bits per heavy atom. The molecule has 0 radical (unpaired) electrons. The van der Waals surface area contributed by atoms with Gasteiger partial charge in [-0.05, 0) is 0 Å². The van der Waals surface area contributed by atoms with Gasteiger partial charge >= 0.3 is 31.8 Å². The predicted molar refractivity (Wildman–Crippen MR) is 37.8 cm³/mol. The third-order valence-corrected chi connectivity index (χ3v) is 0. The second kappa shape index (κ2) is 9.46. The van der Waals surface area contributed by atoms with E-state index in [9.17, 15) is 0 Å². The Morgan fingerprint density at radius 2 is 0.833 bits per heavy atom. The first-order valence-electron chi connectivity index (χ1n) is 1.34. The molecule has 0 aliphatic heterocycles. The molecule has 0 nitrogen and oxygen atoms in total. The second-order valence-corrected chi connectivity index (χ2v) is 6.97. The molecule has 0 spiro atoms. The molecule has 0 saturated carbocycles. The molecule has 6 heavy (non-hydrogen) atoms. The SMILES string of the molecule is C[As](C)C.Cl.Cl. The summed E-state index contributed by atoms with van der Waals surface area (Å²) in [4.78, 5) is 0. The summed E-state index contributed by atoms with van der Waals surface area (Å²) in [6.07, 6.45) is 0. The average Bonchev–Trinajstić information content (AvgIpc) is 0.811. The Balaban J connectivity index is -0.0000000450. The maximum Gasteiger partial charge on any atom is -0.147 e. The van der Waals surface area contributed by atoms with Crippen molar-refractivity contribution < 1.29 is 0 Å². The van der Waals surface area contributed by atoms with Crippen molar-refractivity contribution in [1.82, 2.24) is 0 Å². The molecule has 0 aliphatic carbocycles. The Bertz CT molecular complexity index is 13.5. The molecule has 42 valence electrons. The summed E-state index contributed by atoms with van der Waals surface area (Å²) < 4.78 is 0. The molecular weight excluding hydrogens is 182 g/mol. The van der Waals surface area contributed by atoms with Crippen LogP contribution in [0.5, 0.6) is 0 Å². The van der Waals surface area contributed by atoms with Gasteiger partial charge in [0.25, 0.3) is 0 Å². The van der Waals surface area contributed by atoms with Crippen LogP contribution in [0.4, 0.5) is 0 Å². The van der Waals surface area contributed by atoms with Gasteiger partial charge in [-0.1, -0.05) is 0 Å². The van der Waals surface area contributed by atoms with Gasteiger partial charge in [-0.2, -0.15) is 0 Å². The first-order valence-corrected chi connectivity index (χ1v) is 6.97. The first kappa shape index (κ1) is 15.7. The summed E-state index contributed by atoms with van der Waals surface area (Å²) in [5.41, 5.74) is 6.94. The second-order valence-electron chi connectivity index (χ2n) is 1.34. The third kappa shape index (κ3) is 67.9. The number of hydrogen-bond donors (Lipinski definition) is 0. The van der Waals surface area contributed by atoms with Crippen LogP contribution in [0.3, 0.4) is 0 Å². The zero-order chi connectivity index (χ0) is 3.58. The quantitative estimate of drug-likeness (QED) is 0.517. The van der Waals surface area contributed by atoms with Crippen LogP contribution in [0.15, 0.2) is 0 Å². The molecule has 0 aromatic carbocycles. The van der Waals surface area contributed by atoms with Crippen molar-refractivity contribution in [2.24, 2.45) is 0 Å². The van der Waals surface area contributed by atoms with Crippen molar-refractivity contribution in [1.29, 1.82) is 0 Å². The molecular formula is C3H11AsCl2. The van der Waals surface area contributed by atoms with E-state index in [-0.39, 0.29) is 39.5 Å². The summed E-state index contributed by atoms with van der Waals surface area (Å²) in [5, 5.41) is 0. The number of hydrogen-bond acceptors (Lipinski definition) is 0. The summed E-state index contributed by atoms with van der Waals surface area (Å²) in [7, 11) is 0. The van der Waals surface area contributed by atoms with Crippen LogP contribution in [-0.4, -0.2) is 14.7 Å². The van der Waals surface area contributed by atoms with Crippen molar-refractivity contribution in [3.63, 3.8) is 0 Å². The van der Waals surface area contributed by atoms with E-state index in [0.29, 0.717) is 0 Å². The third-order valence-electron chi connectivity index (χ3n) is 0. The monoisotopic (exact) mass is 192 g/mol. The molecule has 0 bridgehead atoms. The minimum absolute atomic E-state index is 0. The summed E-state index contributed by atoms with van der Waals surface area (Å²) in [6, 6.07) is 0. The van der Waals surface area contributed by atoms with E-state index >= 15 is 0 Å². The first-order chi connectivity index (χ1) is 1.73. The molecule has 0 fully saturated rings. The van der Waals surface area contributed by atoms with E-state index in [1.165, 1.54) is 0 Å². The van der Waals surface area contributed by atoms with Crippen molar-refractivity contribution in [3.8, 4) is 0 Å². The molecule has 0 amide bonds. The largest absolute Gasteiger partial charge is 0.147 e. The van der Waals surface area contributed by atoms with Crippen molar-refractivity contribution in [2.45, 2.75) is 17.1 Å². The Hall–Kier alpha value is 1.14. The fourth-order valence-corrected chi connectivity index (χ4v) is 0. The van der Waals surface area contributed by atoms with Gasteiger partial charge in [0.1, 0.15) is 0 Å². The van der Waals surface area contributed by atoms with E-state index < -0.39 is 0 Å². The number of halogens is 2. The van der Waals surface area contributed by atoms with E-state index in [1.807, 2.05) is 0 Å². The van der Waals surface area contributed by atoms with Gasteiger partial charge in [0.15, 0.2) is 0 Å². The van der Waals surface area contributed by atoms with Crippen LogP contribution >= 0.6 is 24.8 Å². The van der Waals surface area contributed by atoms with Gasteiger partial charge in [-0.15, -0.1) is 24.8 Å². The molecule has 3 heteroatoms. The molecule has 0 aliphatic rings. The van der Waals surface area contributed by atoms with Gasteiger partial charge in [-0.25, -0.2) is 0 Å². The molecule has 0 saturated heterocycles. The molecule has 0 rings (SSSR count). The average molecular weight is 193 g/mol. The summed E-state index contributed by atoms with van der Waals surface area (Å²) in [6.45, 7) is 0. The Morgan fingerprint density at radius 3 is 0.833 bits per heavy atom. The zero-order valence-electron chi connectivity index (χ0n) is 4.26. The standard InChI is InChI=1S/C3H9As.2ClH/c1-4(2)3;;/h1-3H3;2*1H. The van der Waals surface area contributed by atoms with Crippen LogP contribution in [0.25, 0.3) is 0 Å². The summed E-state index contributed by atoms with van der Waals surface area (Å²) in [5.74, 6) is 0. The van der Waals surface area contributed by atoms with E-state index in [2.05, 4.69) is 17.1 Å². The van der Waals surface area contributed by atoms with Gasteiger partial charge in [0.2, 0.25) is 0 Å².